The van der Waals surface area contributed by atoms with Crippen LogP contribution in [0.4, 0.5) is 0 Å². The number of carbonyl (C=O) groups is 2. The summed E-state index contributed by atoms with van der Waals surface area (Å²) in [4.78, 5) is 26.0. The number of hydrogen-bond acceptors (Lipinski definition) is 5. The summed E-state index contributed by atoms with van der Waals surface area (Å²) < 4.78 is 7.53. The third kappa shape index (κ3) is 4.26. The number of aromatic nitrogens is 1. The zero-order chi connectivity index (χ0) is 22.0. The molecule has 0 radical (unpaired) electrons. The van der Waals surface area contributed by atoms with Gasteiger partial charge in [-0.1, -0.05) is 0 Å². The van der Waals surface area contributed by atoms with Crippen LogP contribution < -0.4 is 16.2 Å². The van der Waals surface area contributed by atoms with Crippen molar-refractivity contribution < 1.29 is 19.4 Å². The first-order valence-electron chi connectivity index (χ1n) is 10.3. The van der Waals surface area contributed by atoms with E-state index >= 15 is 0 Å². The standard InChI is InChI=1S/C23H26N4O4/c24-9-1-11-31-18-5-2-15(3-6-18)23(30)26-13-20(21(28)14-26)27-10-8-16-12-17(22(25)29)4-7-19(16)27/h2-8,10,12,20-21,28H,1,9,11,13-14,24H2,(H2,25,29)/t20-,21-/m1/s1. The zero-order valence-electron chi connectivity index (χ0n) is 17.1. The van der Waals surface area contributed by atoms with Gasteiger partial charge in [0.1, 0.15) is 5.75 Å². The van der Waals surface area contributed by atoms with Crippen LogP contribution in [0.5, 0.6) is 5.75 Å². The van der Waals surface area contributed by atoms with Crippen LogP contribution in [0.3, 0.4) is 0 Å². The Kier molecular flexibility index (Phi) is 5.92. The maximum absolute atomic E-state index is 13.0. The number of aliphatic hydroxyl groups excluding tert-OH is 1. The molecule has 0 saturated carbocycles. The molecule has 0 aliphatic carbocycles. The highest BCUT2D eigenvalue weighted by Gasteiger charge is 2.36. The summed E-state index contributed by atoms with van der Waals surface area (Å²) >= 11 is 0. The summed E-state index contributed by atoms with van der Waals surface area (Å²) in [6, 6.07) is 13.8. The van der Waals surface area contributed by atoms with Gasteiger partial charge in [0.15, 0.2) is 0 Å². The number of ether oxygens (including phenoxy) is 1. The summed E-state index contributed by atoms with van der Waals surface area (Å²) in [5.74, 6) is 0.0733. The average molecular weight is 422 g/mol. The number of amides is 2. The molecule has 8 heteroatoms. The van der Waals surface area contributed by atoms with Crippen LogP contribution in [-0.2, 0) is 0 Å². The molecular weight excluding hydrogens is 396 g/mol. The lowest BCUT2D eigenvalue weighted by atomic mass is 10.1. The molecule has 162 valence electrons. The summed E-state index contributed by atoms with van der Waals surface area (Å²) in [6.45, 7) is 1.74. The molecule has 1 aliphatic rings. The van der Waals surface area contributed by atoms with Crippen molar-refractivity contribution in [1.29, 1.82) is 0 Å². The van der Waals surface area contributed by atoms with Crippen LogP contribution in [0.15, 0.2) is 54.7 Å². The monoisotopic (exact) mass is 422 g/mol. The topological polar surface area (TPSA) is 124 Å². The van der Waals surface area contributed by atoms with Gasteiger partial charge >= 0.3 is 0 Å². The Balaban J connectivity index is 1.48. The quantitative estimate of drug-likeness (QED) is 0.498. The highest BCUT2D eigenvalue weighted by Crippen LogP contribution is 2.29. The minimum Gasteiger partial charge on any atom is -0.494 e. The van der Waals surface area contributed by atoms with E-state index in [4.69, 9.17) is 16.2 Å². The van der Waals surface area contributed by atoms with Crippen molar-refractivity contribution in [3.63, 3.8) is 0 Å². The van der Waals surface area contributed by atoms with E-state index in [1.807, 2.05) is 22.9 Å². The number of carbonyl (C=O) groups excluding carboxylic acids is 2. The molecule has 0 bridgehead atoms. The second-order valence-electron chi connectivity index (χ2n) is 7.72. The van der Waals surface area contributed by atoms with Crippen molar-refractivity contribution in [3.05, 3.63) is 65.9 Å². The molecule has 2 amide bonds. The van der Waals surface area contributed by atoms with Crippen LogP contribution in [-0.4, -0.2) is 58.7 Å². The number of aliphatic hydroxyl groups is 1. The minimum atomic E-state index is -0.700. The normalized spacial score (nSPS) is 18.5. The maximum Gasteiger partial charge on any atom is 0.254 e. The van der Waals surface area contributed by atoms with E-state index in [9.17, 15) is 14.7 Å². The Bertz CT molecular complexity index is 1090. The molecule has 1 aliphatic heterocycles. The van der Waals surface area contributed by atoms with Gasteiger partial charge in [-0.25, -0.2) is 0 Å². The Hall–Kier alpha value is -3.36. The van der Waals surface area contributed by atoms with Gasteiger partial charge in [0.25, 0.3) is 5.91 Å². The van der Waals surface area contributed by atoms with Crippen LogP contribution in [0.1, 0.15) is 33.2 Å². The van der Waals surface area contributed by atoms with Gasteiger partial charge in [-0.05, 0) is 61.5 Å². The Morgan fingerprint density at radius 3 is 2.52 bits per heavy atom. The fourth-order valence-corrected chi connectivity index (χ4v) is 3.96. The zero-order valence-corrected chi connectivity index (χ0v) is 17.1. The highest BCUT2D eigenvalue weighted by atomic mass is 16.5. The minimum absolute atomic E-state index is 0.137. The van der Waals surface area contributed by atoms with Crippen molar-refractivity contribution in [3.8, 4) is 5.75 Å². The number of β-amino-alcohol motifs (C(OH)–C–C–N with tert-alkyl or cyclic N) is 1. The van der Waals surface area contributed by atoms with Gasteiger partial charge in [-0.15, -0.1) is 0 Å². The third-order valence-corrected chi connectivity index (χ3v) is 5.63. The summed E-state index contributed by atoms with van der Waals surface area (Å²) in [7, 11) is 0. The first-order chi connectivity index (χ1) is 15.0. The fraction of sp³-hybridized carbons (Fsp3) is 0.304. The summed E-state index contributed by atoms with van der Waals surface area (Å²) in [5, 5.41) is 11.5. The molecule has 0 unspecified atom stereocenters. The number of primary amides is 1. The van der Waals surface area contributed by atoms with Crippen molar-refractivity contribution in [2.75, 3.05) is 26.2 Å². The Labute approximate surface area is 180 Å². The number of nitrogens with zero attached hydrogens (tertiary/aromatic N) is 2. The number of nitrogens with two attached hydrogens (primary N) is 2. The van der Waals surface area contributed by atoms with Crippen LogP contribution in [0.2, 0.25) is 0 Å². The fourth-order valence-electron chi connectivity index (χ4n) is 3.96. The van der Waals surface area contributed by atoms with Crippen molar-refractivity contribution in [1.82, 2.24) is 9.47 Å². The number of fused-ring (bicyclic) bond motifs is 1. The van der Waals surface area contributed by atoms with Crippen LogP contribution in [0.25, 0.3) is 10.9 Å². The van der Waals surface area contributed by atoms with E-state index in [-0.39, 0.29) is 18.5 Å². The van der Waals surface area contributed by atoms with Crippen molar-refractivity contribution >= 4 is 22.7 Å². The summed E-state index contributed by atoms with van der Waals surface area (Å²) in [6.07, 6.45) is 1.94. The predicted octanol–water partition coefficient (Wildman–Crippen LogP) is 1.53. The molecule has 8 nitrogen and oxygen atoms in total. The van der Waals surface area contributed by atoms with Gasteiger partial charge in [0.05, 0.1) is 18.8 Å². The molecule has 1 fully saturated rings. The van der Waals surface area contributed by atoms with Gasteiger partial charge in [0.2, 0.25) is 5.91 Å². The predicted molar refractivity (Wildman–Crippen MR) is 117 cm³/mol. The SMILES string of the molecule is NCCCOc1ccc(C(=O)N2C[C@@H](O)[C@H](n3ccc4cc(C(N)=O)ccc43)C2)cc1. The molecule has 2 atom stereocenters. The largest absolute Gasteiger partial charge is 0.494 e. The number of hydrogen-bond donors (Lipinski definition) is 3. The lowest BCUT2D eigenvalue weighted by Crippen LogP contribution is -2.29. The molecule has 3 aromatic rings. The molecule has 1 saturated heterocycles. The molecule has 4 rings (SSSR count). The molecule has 2 heterocycles. The van der Waals surface area contributed by atoms with Gasteiger partial charge < -0.3 is 30.8 Å². The van der Waals surface area contributed by atoms with Crippen LogP contribution in [0, 0.1) is 0 Å². The first kappa shape index (κ1) is 20.9. The smallest absolute Gasteiger partial charge is 0.254 e. The Morgan fingerprint density at radius 2 is 1.81 bits per heavy atom. The molecule has 1 aromatic heterocycles. The van der Waals surface area contributed by atoms with E-state index in [0.717, 1.165) is 17.3 Å². The van der Waals surface area contributed by atoms with Crippen LogP contribution >= 0.6 is 0 Å². The summed E-state index contributed by atoms with van der Waals surface area (Å²) in [5.41, 5.74) is 12.7. The lowest BCUT2D eigenvalue weighted by molar-refractivity contribution is 0.0764. The average Bonchev–Trinajstić information content (AvgIpc) is 3.36. The van der Waals surface area contributed by atoms with Gasteiger partial charge in [-0.2, -0.15) is 0 Å². The third-order valence-electron chi connectivity index (χ3n) is 5.63. The van der Waals surface area contributed by atoms with Crippen molar-refractivity contribution in [2.45, 2.75) is 18.6 Å². The molecule has 31 heavy (non-hydrogen) atoms. The van der Waals surface area contributed by atoms with E-state index in [1.165, 1.54) is 0 Å². The van der Waals surface area contributed by atoms with Gasteiger partial charge in [-0.3, -0.25) is 9.59 Å². The number of rotatable bonds is 7. The Morgan fingerprint density at radius 1 is 1.06 bits per heavy atom. The lowest BCUT2D eigenvalue weighted by Gasteiger charge is -2.18. The van der Waals surface area contributed by atoms with E-state index in [2.05, 4.69) is 0 Å². The van der Waals surface area contributed by atoms with E-state index in [1.54, 1.807) is 41.3 Å². The molecular formula is C23H26N4O4. The molecule has 5 N–H and O–H groups in total. The second-order valence-corrected chi connectivity index (χ2v) is 7.72. The highest BCUT2D eigenvalue weighted by molar-refractivity contribution is 5.97. The second kappa shape index (κ2) is 8.79. The van der Waals surface area contributed by atoms with Gasteiger partial charge in [0, 0.05) is 41.3 Å². The maximum atomic E-state index is 13.0. The number of benzene rings is 2. The number of likely N-dealkylation sites (tertiary alicyclic amines) is 1. The van der Waals surface area contributed by atoms with Crippen molar-refractivity contribution in [2.24, 2.45) is 11.5 Å². The molecule has 2 aromatic carbocycles. The molecule has 0 spiro atoms. The van der Waals surface area contributed by atoms with E-state index in [0.29, 0.717) is 36.6 Å². The first-order valence-corrected chi connectivity index (χ1v) is 10.3. The van der Waals surface area contributed by atoms with E-state index < -0.39 is 12.0 Å².